The molecule has 5 nitrogen and oxygen atoms in total. The number of nitrogens with one attached hydrogen (secondary N) is 2. The third kappa shape index (κ3) is 6.01. The van der Waals surface area contributed by atoms with Crippen molar-refractivity contribution in [2.75, 3.05) is 18.4 Å². The number of pyridine rings is 1. The van der Waals surface area contributed by atoms with Crippen molar-refractivity contribution < 1.29 is 0 Å². The maximum atomic E-state index is 5.97. The molecule has 0 unspecified atom stereocenters. The van der Waals surface area contributed by atoms with Crippen LogP contribution in [0.4, 0.5) is 5.82 Å². The van der Waals surface area contributed by atoms with E-state index in [0.717, 1.165) is 0 Å². The van der Waals surface area contributed by atoms with Crippen molar-refractivity contribution >= 4 is 59.0 Å². The molecule has 0 aliphatic heterocycles. The standard InChI is InChI=1S/C11H15Cl2N5.HI/c12-7-5-9(13)10(17-6-7)15-3-4-16-11(14)18-8-1-2-8;/h5-6,8H,1-4H2,(H,15,17)(H3,14,16,18);1H. The molecule has 19 heavy (non-hydrogen) atoms. The van der Waals surface area contributed by atoms with Gasteiger partial charge in [0, 0.05) is 18.8 Å². The third-order valence-electron chi connectivity index (χ3n) is 2.42. The molecule has 0 amide bonds. The van der Waals surface area contributed by atoms with E-state index in [9.17, 15) is 0 Å². The van der Waals surface area contributed by atoms with Crippen molar-refractivity contribution in [2.45, 2.75) is 18.9 Å². The first kappa shape index (κ1) is 16.6. The lowest BCUT2D eigenvalue weighted by molar-refractivity contribution is 0.878. The quantitative estimate of drug-likeness (QED) is 0.299. The van der Waals surface area contributed by atoms with Gasteiger partial charge in [-0.15, -0.1) is 24.0 Å². The molecule has 4 N–H and O–H groups in total. The number of hydrogen-bond donors (Lipinski definition) is 3. The fraction of sp³-hybridized carbons (Fsp3) is 0.455. The Balaban J connectivity index is 0.00000180. The summed E-state index contributed by atoms with van der Waals surface area (Å²) in [6.07, 6.45) is 3.90. The highest BCUT2D eigenvalue weighted by Crippen LogP contribution is 2.22. The zero-order valence-electron chi connectivity index (χ0n) is 10.2. The second-order valence-corrected chi connectivity index (χ2v) is 4.94. The molecule has 1 aromatic heterocycles. The lowest BCUT2D eigenvalue weighted by Crippen LogP contribution is -2.33. The molecule has 0 saturated heterocycles. The Morgan fingerprint density at radius 2 is 2.21 bits per heavy atom. The Morgan fingerprint density at radius 1 is 1.47 bits per heavy atom. The van der Waals surface area contributed by atoms with E-state index in [2.05, 4.69) is 20.6 Å². The first-order valence-electron chi connectivity index (χ1n) is 5.76. The van der Waals surface area contributed by atoms with Gasteiger partial charge in [-0.25, -0.2) is 4.98 Å². The maximum absolute atomic E-state index is 5.97. The highest BCUT2D eigenvalue weighted by molar-refractivity contribution is 14.0. The highest BCUT2D eigenvalue weighted by Gasteiger charge is 2.21. The molecule has 0 spiro atoms. The number of halogens is 3. The van der Waals surface area contributed by atoms with Gasteiger partial charge in [0.25, 0.3) is 0 Å². The summed E-state index contributed by atoms with van der Waals surface area (Å²) in [6, 6.07) is 2.17. The molecule has 1 fully saturated rings. The lowest BCUT2D eigenvalue weighted by atomic mass is 10.4. The molecular weight excluding hydrogens is 400 g/mol. The molecule has 1 aliphatic carbocycles. The number of aliphatic imine (C=N–C) groups is 1. The molecule has 2 rings (SSSR count). The van der Waals surface area contributed by atoms with Gasteiger partial charge >= 0.3 is 0 Å². The van der Waals surface area contributed by atoms with Gasteiger partial charge in [0.05, 0.1) is 16.6 Å². The van der Waals surface area contributed by atoms with E-state index >= 15 is 0 Å². The summed E-state index contributed by atoms with van der Waals surface area (Å²) in [5.74, 6) is 1.10. The van der Waals surface area contributed by atoms with E-state index in [1.165, 1.54) is 12.8 Å². The average Bonchev–Trinajstić information content (AvgIpc) is 3.10. The number of aromatic nitrogens is 1. The Labute approximate surface area is 139 Å². The van der Waals surface area contributed by atoms with Crippen molar-refractivity contribution in [1.82, 2.24) is 10.3 Å². The fourth-order valence-electron chi connectivity index (χ4n) is 1.38. The van der Waals surface area contributed by atoms with Crippen LogP contribution in [0.25, 0.3) is 0 Å². The van der Waals surface area contributed by atoms with Gasteiger partial charge in [-0.05, 0) is 18.9 Å². The molecule has 8 heteroatoms. The zero-order valence-corrected chi connectivity index (χ0v) is 14.0. The predicted molar refractivity (Wildman–Crippen MR) is 90.8 cm³/mol. The fourth-order valence-corrected chi connectivity index (χ4v) is 1.82. The molecular formula is C11H16Cl2IN5. The summed E-state index contributed by atoms with van der Waals surface area (Å²) in [5.41, 5.74) is 5.70. The minimum absolute atomic E-state index is 0. The Hall–Kier alpha value is -0.470. The van der Waals surface area contributed by atoms with Gasteiger partial charge in [0.1, 0.15) is 5.82 Å². The van der Waals surface area contributed by atoms with Crippen LogP contribution in [-0.4, -0.2) is 30.1 Å². The number of anilines is 1. The summed E-state index contributed by atoms with van der Waals surface area (Å²) in [7, 11) is 0. The molecule has 0 aromatic carbocycles. The number of rotatable bonds is 5. The minimum Gasteiger partial charge on any atom is -0.370 e. The van der Waals surface area contributed by atoms with Crippen LogP contribution in [0, 0.1) is 0 Å². The molecule has 1 heterocycles. The van der Waals surface area contributed by atoms with Crippen LogP contribution in [-0.2, 0) is 0 Å². The summed E-state index contributed by atoms with van der Waals surface area (Å²) in [4.78, 5) is 8.27. The lowest BCUT2D eigenvalue weighted by Gasteiger charge is -2.06. The molecule has 0 atom stereocenters. The van der Waals surface area contributed by atoms with Crippen molar-refractivity contribution in [2.24, 2.45) is 10.7 Å². The predicted octanol–water partition coefficient (Wildman–Crippen LogP) is 2.49. The Bertz CT molecular complexity index is 451. The van der Waals surface area contributed by atoms with Crippen LogP contribution in [0.5, 0.6) is 0 Å². The first-order chi connectivity index (χ1) is 8.65. The van der Waals surface area contributed by atoms with Crippen LogP contribution in [0.1, 0.15) is 12.8 Å². The monoisotopic (exact) mass is 415 g/mol. The summed E-state index contributed by atoms with van der Waals surface area (Å²) < 4.78 is 0. The second-order valence-electron chi connectivity index (χ2n) is 4.10. The zero-order chi connectivity index (χ0) is 13.0. The molecule has 106 valence electrons. The van der Waals surface area contributed by atoms with E-state index in [-0.39, 0.29) is 24.0 Å². The summed E-state index contributed by atoms with van der Waals surface area (Å²) in [6.45, 7) is 1.17. The minimum atomic E-state index is 0. The topological polar surface area (TPSA) is 75.3 Å². The molecule has 0 radical (unpaired) electrons. The van der Waals surface area contributed by atoms with Gasteiger partial charge in [-0.2, -0.15) is 0 Å². The van der Waals surface area contributed by atoms with Crippen molar-refractivity contribution in [3.8, 4) is 0 Å². The van der Waals surface area contributed by atoms with Gasteiger partial charge in [-0.1, -0.05) is 23.2 Å². The van der Waals surface area contributed by atoms with Gasteiger partial charge in [-0.3, -0.25) is 4.99 Å². The smallest absolute Gasteiger partial charge is 0.188 e. The van der Waals surface area contributed by atoms with E-state index in [1.54, 1.807) is 12.3 Å². The van der Waals surface area contributed by atoms with E-state index in [4.69, 9.17) is 28.9 Å². The maximum Gasteiger partial charge on any atom is 0.188 e. The highest BCUT2D eigenvalue weighted by atomic mass is 127. The third-order valence-corrected chi connectivity index (χ3v) is 2.92. The average molecular weight is 416 g/mol. The number of hydrogen-bond acceptors (Lipinski definition) is 3. The first-order valence-corrected chi connectivity index (χ1v) is 6.52. The van der Waals surface area contributed by atoms with E-state index in [1.807, 2.05) is 0 Å². The van der Waals surface area contributed by atoms with Crippen LogP contribution < -0.4 is 16.4 Å². The van der Waals surface area contributed by atoms with Crippen LogP contribution >= 0.6 is 47.2 Å². The SMILES string of the molecule is I.NC(=NCCNc1ncc(Cl)cc1Cl)NC1CC1. The Kier molecular flexibility index (Phi) is 6.95. The Morgan fingerprint density at radius 3 is 2.84 bits per heavy atom. The number of nitrogens with two attached hydrogens (primary N) is 1. The van der Waals surface area contributed by atoms with Crippen LogP contribution in [0.15, 0.2) is 17.3 Å². The van der Waals surface area contributed by atoms with Gasteiger partial charge in [0.2, 0.25) is 0 Å². The van der Waals surface area contributed by atoms with Gasteiger partial charge in [0.15, 0.2) is 5.96 Å². The molecule has 1 aromatic rings. The molecule has 1 saturated carbocycles. The number of nitrogens with zero attached hydrogens (tertiary/aromatic N) is 2. The molecule has 0 bridgehead atoms. The van der Waals surface area contributed by atoms with Crippen LogP contribution in [0.3, 0.4) is 0 Å². The van der Waals surface area contributed by atoms with Crippen molar-refractivity contribution in [1.29, 1.82) is 0 Å². The van der Waals surface area contributed by atoms with Crippen molar-refractivity contribution in [3.63, 3.8) is 0 Å². The van der Waals surface area contributed by atoms with E-state index < -0.39 is 0 Å². The normalized spacial score (nSPS) is 14.7. The van der Waals surface area contributed by atoms with E-state index in [0.29, 0.717) is 41.0 Å². The van der Waals surface area contributed by atoms with Crippen LogP contribution in [0.2, 0.25) is 10.0 Å². The van der Waals surface area contributed by atoms with Crippen molar-refractivity contribution in [3.05, 3.63) is 22.3 Å². The largest absolute Gasteiger partial charge is 0.370 e. The molecule has 1 aliphatic rings. The summed E-state index contributed by atoms with van der Waals surface area (Å²) >= 11 is 11.7. The van der Waals surface area contributed by atoms with Gasteiger partial charge < -0.3 is 16.4 Å². The number of guanidine groups is 1. The summed E-state index contributed by atoms with van der Waals surface area (Å²) in [5, 5.41) is 7.20. The second kappa shape index (κ2) is 7.96.